The first-order valence-electron chi connectivity index (χ1n) is 9.54. The summed E-state index contributed by atoms with van der Waals surface area (Å²) in [7, 11) is -7.34. The van der Waals surface area contributed by atoms with E-state index >= 15 is 0 Å². The minimum absolute atomic E-state index is 0.112. The first-order chi connectivity index (χ1) is 13.2. The van der Waals surface area contributed by atoms with Gasteiger partial charge in [-0.1, -0.05) is 37.3 Å². The lowest BCUT2D eigenvalue weighted by atomic mass is 10.1. The molecule has 2 unspecified atom stereocenters. The van der Waals surface area contributed by atoms with Crippen molar-refractivity contribution < 1.29 is 31.1 Å². The minimum atomic E-state index is -3.68. The Morgan fingerprint density at radius 2 is 1.62 bits per heavy atom. The number of rotatable bonds is 10. The van der Waals surface area contributed by atoms with Gasteiger partial charge < -0.3 is 9.47 Å². The van der Waals surface area contributed by atoms with Gasteiger partial charge in [0.15, 0.2) is 19.7 Å². The summed E-state index contributed by atoms with van der Waals surface area (Å²) in [6, 6.07) is 9.22. The summed E-state index contributed by atoms with van der Waals surface area (Å²) in [5.41, 5.74) is 0.148. The Morgan fingerprint density at radius 3 is 2.10 bits per heavy atom. The second-order valence-corrected chi connectivity index (χ2v) is 12.8. The van der Waals surface area contributed by atoms with Crippen LogP contribution in [0.15, 0.2) is 30.3 Å². The highest BCUT2D eigenvalue weighted by Crippen LogP contribution is 2.19. The zero-order valence-corrected chi connectivity index (χ0v) is 19.4. The van der Waals surface area contributed by atoms with Gasteiger partial charge in [0.25, 0.3) is 0 Å². The molecular formula is C20H32O7S2. The second kappa shape index (κ2) is 10.4. The van der Waals surface area contributed by atoms with Crippen LogP contribution in [0.1, 0.15) is 46.1 Å². The van der Waals surface area contributed by atoms with Crippen molar-refractivity contribution >= 4 is 25.8 Å². The van der Waals surface area contributed by atoms with E-state index in [-0.39, 0.29) is 13.0 Å². The van der Waals surface area contributed by atoms with E-state index in [4.69, 9.17) is 9.47 Å². The predicted octanol–water partition coefficient (Wildman–Crippen LogP) is 3.18. The van der Waals surface area contributed by atoms with Crippen molar-refractivity contribution in [3.63, 3.8) is 0 Å². The summed E-state index contributed by atoms with van der Waals surface area (Å²) >= 11 is 0. The Morgan fingerprint density at radius 1 is 1.03 bits per heavy atom. The highest BCUT2D eigenvalue weighted by atomic mass is 32.2. The standard InChI is InChI=1S/C20H32O7S2/c1-6-17(14-16-10-8-7-9-11-16)29(24,25)15-18(28(5,22)23)12-13-26-19(21)27-20(2,3)4/h7-11,17-18H,6,12-15H2,1-5H3. The molecule has 0 aliphatic carbocycles. The molecule has 0 bridgehead atoms. The fourth-order valence-electron chi connectivity index (χ4n) is 2.77. The summed E-state index contributed by atoms with van der Waals surface area (Å²) in [5.74, 6) is -0.505. The number of carbonyl (C=O) groups is 1. The SMILES string of the molecule is CCC(Cc1ccccc1)S(=O)(=O)CC(CCOC(=O)OC(C)(C)C)S(C)(=O)=O. The number of sulfone groups is 2. The summed E-state index contributed by atoms with van der Waals surface area (Å²) in [6.07, 6.45) is 0.674. The molecule has 29 heavy (non-hydrogen) atoms. The van der Waals surface area contributed by atoms with Crippen LogP contribution >= 0.6 is 0 Å². The van der Waals surface area contributed by atoms with Crippen molar-refractivity contribution in [2.45, 2.75) is 63.1 Å². The topological polar surface area (TPSA) is 104 Å². The van der Waals surface area contributed by atoms with E-state index in [0.717, 1.165) is 11.8 Å². The smallest absolute Gasteiger partial charge is 0.434 e. The Labute approximate surface area is 174 Å². The number of benzene rings is 1. The molecule has 0 N–H and O–H groups in total. The van der Waals surface area contributed by atoms with Crippen LogP contribution in [-0.4, -0.2) is 57.7 Å². The molecule has 0 spiro atoms. The zero-order chi connectivity index (χ0) is 22.3. The van der Waals surface area contributed by atoms with Crippen molar-refractivity contribution in [2.24, 2.45) is 0 Å². The van der Waals surface area contributed by atoms with Crippen LogP contribution in [0, 0.1) is 0 Å². The lowest BCUT2D eigenvalue weighted by molar-refractivity contribution is -0.00744. The molecule has 2 atom stereocenters. The molecule has 0 saturated heterocycles. The average molecular weight is 449 g/mol. The Bertz CT molecular complexity index is 854. The van der Waals surface area contributed by atoms with Gasteiger partial charge >= 0.3 is 6.16 Å². The number of hydrogen-bond donors (Lipinski definition) is 0. The van der Waals surface area contributed by atoms with Crippen molar-refractivity contribution in [1.29, 1.82) is 0 Å². The minimum Gasteiger partial charge on any atom is -0.434 e. The van der Waals surface area contributed by atoms with Crippen molar-refractivity contribution in [3.8, 4) is 0 Å². The Hall–Kier alpha value is -1.61. The van der Waals surface area contributed by atoms with Gasteiger partial charge in [-0.25, -0.2) is 21.6 Å². The highest BCUT2D eigenvalue weighted by Gasteiger charge is 2.32. The van der Waals surface area contributed by atoms with E-state index in [0.29, 0.717) is 12.8 Å². The summed E-state index contributed by atoms with van der Waals surface area (Å²) in [4.78, 5) is 11.6. The summed E-state index contributed by atoms with van der Waals surface area (Å²) in [6.45, 7) is 6.57. The maximum atomic E-state index is 12.9. The van der Waals surface area contributed by atoms with E-state index in [1.54, 1.807) is 27.7 Å². The van der Waals surface area contributed by atoms with Crippen LogP contribution in [0.5, 0.6) is 0 Å². The molecule has 1 rings (SSSR count). The molecule has 0 aliphatic heterocycles. The van der Waals surface area contributed by atoms with Gasteiger partial charge in [0, 0.05) is 6.26 Å². The molecule has 0 aromatic heterocycles. The molecular weight excluding hydrogens is 416 g/mol. The molecule has 0 radical (unpaired) electrons. The Kier molecular flexibility index (Phi) is 9.14. The molecule has 0 aliphatic rings. The van der Waals surface area contributed by atoms with Gasteiger partial charge in [-0.15, -0.1) is 0 Å². The van der Waals surface area contributed by atoms with Crippen molar-refractivity contribution in [2.75, 3.05) is 18.6 Å². The van der Waals surface area contributed by atoms with E-state index < -0.39 is 47.7 Å². The van der Waals surface area contributed by atoms with E-state index in [1.165, 1.54) is 0 Å². The van der Waals surface area contributed by atoms with Gasteiger partial charge in [0.1, 0.15) is 5.60 Å². The normalized spacial score (nSPS) is 14.8. The van der Waals surface area contributed by atoms with Gasteiger partial charge in [-0.2, -0.15) is 0 Å². The number of hydrogen-bond acceptors (Lipinski definition) is 7. The lowest BCUT2D eigenvalue weighted by Gasteiger charge is -2.21. The molecule has 0 fully saturated rings. The molecule has 0 heterocycles. The molecule has 1 aromatic carbocycles. The summed E-state index contributed by atoms with van der Waals surface area (Å²) in [5, 5.41) is -1.83. The Balaban J connectivity index is 2.81. The highest BCUT2D eigenvalue weighted by molar-refractivity contribution is 7.95. The molecule has 0 amide bonds. The van der Waals surface area contributed by atoms with E-state index in [9.17, 15) is 21.6 Å². The predicted molar refractivity (Wildman–Crippen MR) is 113 cm³/mol. The fourth-order valence-corrected chi connectivity index (χ4v) is 6.77. The largest absolute Gasteiger partial charge is 0.508 e. The van der Waals surface area contributed by atoms with Crippen molar-refractivity contribution in [3.05, 3.63) is 35.9 Å². The third-order valence-corrected chi connectivity index (χ3v) is 8.55. The van der Waals surface area contributed by atoms with Gasteiger partial charge in [-0.05, 0) is 45.6 Å². The monoisotopic (exact) mass is 448 g/mol. The van der Waals surface area contributed by atoms with E-state index in [1.807, 2.05) is 30.3 Å². The maximum absolute atomic E-state index is 12.9. The third kappa shape index (κ3) is 9.62. The zero-order valence-electron chi connectivity index (χ0n) is 17.8. The second-order valence-electron chi connectivity index (χ2n) is 8.10. The molecule has 0 saturated carbocycles. The van der Waals surface area contributed by atoms with Crippen molar-refractivity contribution in [1.82, 2.24) is 0 Å². The number of carbonyl (C=O) groups excluding carboxylic acids is 1. The molecule has 7 nitrogen and oxygen atoms in total. The van der Waals surface area contributed by atoms with Gasteiger partial charge in [0.2, 0.25) is 0 Å². The first kappa shape index (κ1) is 25.4. The number of ether oxygens (including phenoxy) is 2. The van der Waals surface area contributed by atoms with Gasteiger partial charge in [0.05, 0.1) is 22.9 Å². The van der Waals surface area contributed by atoms with E-state index in [2.05, 4.69) is 0 Å². The molecule has 1 aromatic rings. The molecule has 166 valence electrons. The molecule has 9 heteroatoms. The average Bonchev–Trinajstić information content (AvgIpc) is 2.57. The van der Waals surface area contributed by atoms with Gasteiger partial charge in [-0.3, -0.25) is 0 Å². The lowest BCUT2D eigenvalue weighted by Crippen LogP contribution is -2.36. The van der Waals surface area contributed by atoms with Crippen LogP contribution in [0.2, 0.25) is 0 Å². The third-order valence-electron chi connectivity index (χ3n) is 4.34. The fraction of sp³-hybridized carbons (Fsp3) is 0.650. The maximum Gasteiger partial charge on any atom is 0.508 e. The first-order valence-corrected chi connectivity index (χ1v) is 13.2. The van der Waals surface area contributed by atoms with Crippen LogP contribution < -0.4 is 0 Å². The van der Waals surface area contributed by atoms with Crippen LogP contribution in [0.25, 0.3) is 0 Å². The van der Waals surface area contributed by atoms with Crippen LogP contribution in [0.3, 0.4) is 0 Å². The quantitative estimate of drug-likeness (QED) is 0.506. The summed E-state index contributed by atoms with van der Waals surface area (Å²) < 4.78 is 60.0. The van der Waals surface area contributed by atoms with Crippen LogP contribution in [0.4, 0.5) is 4.79 Å². The van der Waals surface area contributed by atoms with Crippen LogP contribution in [-0.2, 0) is 35.6 Å².